The highest BCUT2D eigenvalue weighted by molar-refractivity contribution is 6.04. The lowest BCUT2D eigenvalue weighted by Crippen LogP contribution is -2.19. The molecule has 180 valence electrons. The fourth-order valence-electron chi connectivity index (χ4n) is 4.49. The number of aryl methyl sites for hydroxylation is 2. The predicted molar refractivity (Wildman–Crippen MR) is 126 cm³/mol. The van der Waals surface area contributed by atoms with Crippen LogP contribution in [-0.4, -0.2) is 38.6 Å². The largest absolute Gasteiger partial charge is 0.417 e. The molecule has 1 aliphatic heterocycles. The Morgan fingerprint density at radius 2 is 1.94 bits per heavy atom. The van der Waals surface area contributed by atoms with Crippen molar-refractivity contribution in [3.63, 3.8) is 0 Å². The summed E-state index contributed by atoms with van der Waals surface area (Å²) in [4.78, 5) is 23.3. The third-order valence-electron chi connectivity index (χ3n) is 6.32. The average molecular weight is 480 g/mol. The lowest BCUT2D eigenvalue weighted by molar-refractivity contribution is -0.137. The summed E-state index contributed by atoms with van der Waals surface area (Å²) in [6.45, 7) is 5.52. The molecule has 1 atom stereocenters. The van der Waals surface area contributed by atoms with Crippen molar-refractivity contribution in [1.29, 1.82) is 0 Å². The molecular formula is C25H23F3N6O. The van der Waals surface area contributed by atoms with Gasteiger partial charge in [-0.05, 0) is 55.7 Å². The van der Waals surface area contributed by atoms with Crippen molar-refractivity contribution in [3.05, 3.63) is 83.1 Å². The lowest BCUT2D eigenvalue weighted by Gasteiger charge is -2.18. The van der Waals surface area contributed by atoms with Gasteiger partial charge in [0.15, 0.2) is 5.65 Å². The summed E-state index contributed by atoms with van der Waals surface area (Å²) in [5.74, 6) is -0.290. The van der Waals surface area contributed by atoms with Crippen LogP contribution in [-0.2, 0) is 6.18 Å². The first-order valence-electron chi connectivity index (χ1n) is 11.2. The number of anilines is 2. The van der Waals surface area contributed by atoms with E-state index in [2.05, 4.69) is 25.3 Å². The molecule has 0 unspecified atom stereocenters. The monoisotopic (exact) mass is 480 g/mol. The van der Waals surface area contributed by atoms with Gasteiger partial charge in [-0.1, -0.05) is 6.07 Å². The van der Waals surface area contributed by atoms with E-state index < -0.39 is 17.6 Å². The second kappa shape index (κ2) is 8.68. The number of halogens is 3. The average Bonchev–Trinajstić information content (AvgIpc) is 3.46. The lowest BCUT2D eigenvalue weighted by atomic mass is 9.92. The molecule has 7 nitrogen and oxygen atoms in total. The first kappa shape index (κ1) is 22.8. The normalized spacial score (nSPS) is 16.1. The number of alkyl halides is 3. The van der Waals surface area contributed by atoms with Crippen molar-refractivity contribution >= 4 is 22.9 Å². The molecule has 0 aliphatic carbocycles. The number of aromatic nitrogens is 4. The fraction of sp³-hybridized carbons (Fsp3) is 0.280. The summed E-state index contributed by atoms with van der Waals surface area (Å²) in [6, 6.07) is 8.17. The fourth-order valence-corrected chi connectivity index (χ4v) is 4.49. The van der Waals surface area contributed by atoms with Gasteiger partial charge in [-0.2, -0.15) is 18.3 Å². The van der Waals surface area contributed by atoms with Gasteiger partial charge in [0.25, 0.3) is 5.91 Å². The van der Waals surface area contributed by atoms with Crippen LogP contribution in [0.5, 0.6) is 0 Å². The predicted octanol–water partition coefficient (Wildman–Crippen LogP) is 5.01. The number of hydrogen-bond donors (Lipinski definition) is 1. The molecular weight excluding hydrogens is 457 g/mol. The van der Waals surface area contributed by atoms with Crippen molar-refractivity contribution in [2.24, 2.45) is 0 Å². The van der Waals surface area contributed by atoms with E-state index >= 15 is 0 Å². The first-order valence-corrected chi connectivity index (χ1v) is 11.2. The van der Waals surface area contributed by atoms with Crippen LogP contribution in [0.2, 0.25) is 0 Å². The number of fused-ring (bicyclic) bond motifs is 1. The Morgan fingerprint density at radius 1 is 1.11 bits per heavy atom. The third-order valence-corrected chi connectivity index (χ3v) is 6.32. The summed E-state index contributed by atoms with van der Waals surface area (Å²) in [5.41, 5.74) is 4.27. The summed E-state index contributed by atoms with van der Waals surface area (Å²) in [7, 11) is 0. The van der Waals surface area contributed by atoms with Crippen LogP contribution in [0.25, 0.3) is 5.65 Å². The Kier molecular flexibility index (Phi) is 5.66. The number of rotatable bonds is 4. The Hall–Kier alpha value is -3.95. The minimum atomic E-state index is -4.53. The maximum atomic E-state index is 13.0. The molecule has 0 bridgehead atoms. The molecule has 0 radical (unpaired) electrons. The Morgan fingerprint density at radius 3 is 2.74 bits per heavy atom. The van der Waals surface area contributed by atoms with Crippen LogP contribution in [0, 0.1) is 13.8 Å². The summed E-state index contributed by atoms with van der Waals surface area (Å²) >= 11 is 0. The Bertz CT molecular complexity index is 1410. The van der Waals surface area contributed by atoms with E-state index in [9.17, 15) is 18.0 Å². The Balaban J connectivity index is 1.35. The van der Waals surface area contributed by atoms with E-state index in [1.54, 1.807) is 10.6 Å². The van der Waals surface area contributed by atoms with Crippen LogP contribution >= 0.6 is 0 Å². The van der Waals surface area contributed by atoms with Gasteiger partial charge >= 0.3 is 6.18 Å². The minimum absolute atomic E-state index is 0.00475. The van der Waals surface area contributed by atoms with E-state index in [1.165, 1.54) is 6.20 Å². The molecule has 1 amide bonds. The molecule has 1 saturated heterocycles. The number of pyridine rings is 1. The molecule has 35 heavy (non-hydrogen) atoms. The summed E-state index contributed by atoms with van der Waals surface area (Å²) < 4.78 is 40.7. The highest BCUT2D eigenvalue weighted by Gasteiger charge is 2.31. The van der Waals surface area contributed by atoms with Crippen LogP contribution in [0.15, 0.2) is 55.1 Å². The number of nitrogens with one attached hydrogen (secondary N) is 1. The summed E-state index contributed by atoms with van der Waals surface area (Å²) in [5, 5.41) is 6.94. The van der Waals surface area contributed by atoms with Crippen molar-refractivity contribution in [1.82, 2.24) is 19.6 Å². The topological polar surface area (TPSA) is 75.4 Å². The molecule has 1 aliphatic rings. The molecule has 10 heteroatoms. The van der Waals surface area contributed by atoms with Gasteiger partial charge < -0.3 is 10.2 Å². The molecule has 1 aromatic carbocycles. The van der Waals surface area contributed by atoms with Crippen molar-refractivity contribution < 1.29 is 18.0 Å². The number of nitrogens with zero attached hydrogens (tertiary/aromatic N) is 5. The SMILES string of the molecule is Cc1ccn2ncc(N3CC[C@@H](c4cc(C(=O)Nc5cncc(C(F)(F)F)c5)ccc4C)C3)c2n1. The van der Waals surface area contributed by atoms with Crippen LogP contribution in [0.3, 0.4) is 0 Å². The number of hydrogen-bond acceptors (Lipinski definition) is 5. The van der Waals surface area contributed by atoms with Gasteiger partial charge in [0.1, 0.15) is 5.69 Å². The van der Waals surface area contributed by atoms with Crippen molar-refractivity contribution in [2.75, 3.05) is 23.3 Å². The summed E-state index contributed by atoms with van der Waals surface area (Å²) in [6.07, 6.45) is 2.00. The molecule has 5 rings (SSSR count). The minimum Gasteiger partial charge on any atom is -0.367 e. The molecule has 0 saturated carbocycles. The molecule has 4 aromatic rings. The van der Waals surface area contributed by atoms with E-state index in [0.29, 0.717) is 5.56 Å². The number of amides is 1. The maximum Gasteiger partial charge on any atom is 0.417 e. The van der Waals surface area contributed by atoms with E-state index in [1.807, 2.05) is 44.4 Å². The first-order chi connectivity index (χ1) is 16.7. The van der Waals surface area contributed by atoms with Gasteiger partial charge in [0.2, 0.25) is 0 Å². The van der Waals surface area contributed by atoms with E-state index in [0.717, 1.165) is 59.9 Å². The van der Waals surface area contributed by atoms with Gasteiger partial charge in [-0.25, -0.2) is 9.50 Å². The second-order valence-electron chi connectivity index (χ2n) is 8.78. The molecule has 0 spiro atoms. The molecule has 4 heterocycles. The van der Waals surface area contributed by atoms with Crippen LogP contribution < -0.4 is 10.2 Å². The van der Waals surface area contributed by atoms with Crippen molar-refractivity contribution in [2.45, 2.75) is 32.4 Å². The molecule has 1 fully saturated rings. The molecule has 1 N–H and O–H groups in total. The smallest absolute Gasteiger partial charge is 0.367 e. The Labute approximate surface area is 199 Å². The number of carbonyl (C=O) groups excluding carboxylic acids is 1. The van der Waals surface area contributed by atoms with E-state index in [4.69, 9.17) is 0 Å². The second-order valence-corrected chi connectivity index (χ2v) is 8.78. The molecule has 3 aromatic heterocycles. The zero-order valence-electron chi connectivity index (χ0n) is 19.2. The highest BCUT2D eigenvalue weighted by atomic mass is 19.4. The van der Waals surface area contributed by atoms with Gasteiger partial charge in [0.05, 0.1) is 23.6 Å². The van der Waals surface area contributed by atoms with Crippen molar-refractivity contribution in [3.8, 4) is 0 Å². The number of carbonyl (C=O) groups is 1. The standard InChI is InChI=1S/C25H23F3N6O/c1-15-3-4-17(24(35)32-20-10-19(11-29-12-20)25(26,27)28)9-21(15)18-6-7-33(14-18)22-13-30-34-8-5-16(2)31-23(22)34/h3-5,8-13,18H,6-7,14H2,1-2H3,(H,32,35)/t18-/m1/s1. The zero-order valence-corrected chi connectivity index (χ0v) is 19.2. The van der Waals surface area contributed by atoms with Crippen LogP contribution in [0.4, 0.5) is 24.5 Å². The van der Waals surface area contributed by atoms with Crippen LogP contribution in [0.1, 0.15) is 45.1 Å². The third kappa shape index (κ3) is 4.55. The zero-order chi connectivity index (χ0) is 24.7. The van der Waals surface area contributed by atoms with Gasteiger partial charge in [0, 0.05) is 42.7 Å². The highest BCUT2D eigenvalue weighted by Crippen LogP contribution is 2.34. The van der Waals surface area contributed by atoms with E-state index in [-0.39, 0.29) is 11.6 Å². The quantitative estimate of drug-likeness (QED) is 0.445. The van der Waals surface area contributed by atoms with Gasteiger partial charge in [-0.15, -0.1) is 0 Å². The maximum absolute atomic E-state index is 13.0. The van der Waals surface area contributed by atoms with Gasteiger partial charge in [-0.3, -0.25) is 9.78 Å². The number of benzene rings is 1.